The molecule has 0 aliphatic carbocycles. The average molecular weight is 457 g/mol. The molecular weight excluding hydrogens is 441 g/mol. The Morgan fingerprint density at radius 1 is 1.11 bits per heavy atom. The number of carbonyl (C=O) groups is 2. The quantitative estimate of drug-likeness (QED) is 0.317. The number of Topliss-reactive ketones (excluding diaryl/α,β-unsaturated/α-hetero) is 1. The van der Waals surface area contributed by atoms with Gasteiger partial charge in [0.25, 0.3) is 0 Å². The molecule has 5 nitrogen and oxygen atoms in total. The van der Waals surface area contributed by atoms with Crippen molar-refractivity contribution in [1.29, 1.82) is 0 Å². The number of halogens is 3. The van der Waals surface area contributed by atoms with Crippen LogP contribution in [0.25, 0.3) is 0 Å². The summed E-state index contributed by atoms with van der Waals surface area (Å²) in [7, 11) is 1.61. The van der Waals surface area contributed by atoms with Gasteiger partial charge in [0.2, 0.25) is 5.91 Å². The third-order valence-corrected chi connectivity index (χ3v) is 5.53. The monoisotopic (exact) mass is 455 g/mol. The fourth-order valence-corrected chi connectivity index (χ4v) is 3.74. The zero-order valence-electron chi connectivity index (χ0n) is 14.6. The van der Waals surface area contributed by atoms with Gasteiger partial charge < -0.3 is 9.88 Å². The van der Waals surface area contributed by atoms with Crippen molar-refractivity contribution in [3.05, 3.63) is 76.5 Å². The molecule has 3 rings (SSSR count). The van der Waals surface area contributed by atoms with Crippen LogP contribution in [0, 0.1) is 0 Å². The van der Waals surface area contributed by atoms with Gasteiger partial charge in [-0.1, -0.05) is 47.1 Å². The van der Waals surface area contributed by atoms with E-state index >= 15 is 0 Å². The maximum Gasteiger partial charge on any atom is 0.248 e. The van der Waals surface area contributed by atoms with Crippen LogP contribution >= 0.6 is 47.4 Å². The first kappa shape index (κ1) is 22.3. The van der Waals surface area contributed by atoms with E-state index in [9.17, 15) is 9.59 Å². The molecular formula is C19H16Cl3N3O2S. The number of H-pyrrole nitrogens is 1. The number of hydrogen-bond donors (Lipinski definition) is 1. The van der Waals surface area contributed by atoms with E-state index in [0.29, 0.717) is 26.5 Å². The lowest BCUT2D eigenvalue weighted by Gasteiger charge is -2.22. The van der Waals surface area contributed by atoms with Crippen molar-refractivity contribution in [2.45, 2.75) is 10.4 Å². The molecule has 0 saturated heterocycles. The summed E-state index contributed by atoms with van der Waals surface area (Å²) in [5, 5.41) is 0.290. The highest BCUT2D eigenvalue weighted by molar-refractivity contribution is 8.01. The second kappa shape index (κ2) is 9.98. The molecule has 0 aliphatic heterocycles. The average Bonchev–Trinajstić information content (AvgIpc) is 3.19. The number of aromatic amines is 1. The van der Waals surface area contributed by atoms with Crippen molar-refractivity contribution in [2.24, 2.45) is 0 Å². The molecule has 1 aromatic heterocycles. The fourth-order valence-electron chi connectivity index (χ4n) is 2.41. The molecule has 146 valence electrons. The van der Waals surface area contributed by atoms with Crippen molar-refractivity contribution in [3.8, 4) is 0 Å². The van der Waals surface area contributed by atoms with Crippen molar-refractivity contribution < 1.29 is 9.59 Å². The fraction of sp³-hybridized carbons (Fsp3) is 0.105. The molecule has 0 aliphatic rings. The molecule has 0 bridgehead atoms. The maximum absolute atomic E-state index is 13.1. The van der Waals surface area contributed by atoms with Crippen molar-refractivity contribution in [2.75, 3.05) is 11.9 Å². The number of rotatable bonds is 6. The Balaban J connectivity index is 0.00000280. The highest BCUT2D eigenvalue weighted by atomic mass is 35.5. The third-order valence-electron chi connectivity index (χ3n) is 3.85. The van der Waals surface area contributed by atoms with Crippen LogP contribution in [0.1, 0.15) is 10.4 Å². The molecule has 1 N–H and O–H groups in total. The predicted octanol–water partition coefficient (Wildman–Crippen LogP) is 5.14. The van der Waals surface area contributed by atoms with Gasteiger partial charge in [0.05, 0.1) is 5.02 Å². The summed E-state index contributed by atoms with van der Waals surface area (Å²) in [4.78, 5) is 34.7. The number of carbonyl (C=O) groups excluding carboxylic acids is 2. The van der Waals surface area contributed by atoms with Gasteiger partial charge in [0, 0.05) is 35.7 Å². The van der Waals surface area contributed by atoms with E-state index in [1.165, 1.54) is 4.90 Å². The number of anilines is 1. The molecule has 9 heteroatoms. The van der Waals surface area contributed by atoms with Crippen molar-refractivity contribution >= 4 is 64.7 Å². The minimum Gasteiger partial charge on any atom is -0.340 e. The van der Waals surface area contributed by atoms with E-state index in [2.05, 4.69) is 9.97 Å². The van der Waals surface area contributed by atoms with Crippen LogP contribution in [0.15, 0.2) is 66.1 Å². The van der Waals surface area contributed by atoms with E-state index in [1.54, 1.807) is 68.0 Å². The molecule has 0 radical (unpaired) electrons. The van der Waals surface area contributed by atoms with Crippen LogP contribution < -0.4 is 4.90 Å². The van der Waals surface area contributed by atoms with Gasteiger partial charge >= 0.3 is 0 Å². The summed E-state index contributed by atoms with van der Waals surface area (Å²) in [6, 6.07) is 13.5. The first-order valence-electron chi connectivity index (χ1n) is 7.95. The highest BCUT2D eigenvalue weighted by Crippen LogP contribution is 2.29. The normalized spacial score (nSPS) is 11.4. The standard InChI is InChI=1S/C19H15Cl2N3O2S.ClH/c1-24(13-8-6-12(20)7-9-13)18(26)17(27-19-22-10-11-23-19)16(25)14-4-2-3-5-15(14)21;/h2-11,17H,1H3,(H,22,23);1H. The lowest BCUT2D eigenvalue weighted by atomic mass is 10.1. The summed E-state index contributed by atoms with van der Waals surface area (Å²) in [5.74, 6) is -0.767. The summed E-state index contributed by atoms with van der Waals surface area (Å²) in [6.07, 6.45) is 3.19. The molecule has 0 fully saturated rings. The van der Waals surface area contributed by atoms with Gasteiger partial charge in [0.15, 0.2) is 16.2 Å². The van der Waals surface area contributed by atoms with Crippen LogP contribution in [0.3, 0.4) is 0 Å². The molecule has 0 spiro atoms. The van der Waals surface area contributed by atoms with E-state index in [0.717, 1.165) is 11.8 Å². The van der Waals surface area contributed by atoms with E-state index in [1.807, 2.05) is 0 Å². The molecule has 28 heavy (non-hydrogen) atoms. The Bertz CT molecular complexity index is 949. The van der Waals surface area contributed by atoms with Gasteiger partial charge in [0.1, 0.15) is 0 Å². The van der Waals surface area contributed by atoms with Crippen LogP contribution in [-0.2, 0) is 4.79 Å². The molecule has 1 heterocycles. The van der Waals surface area contributed by atoms with Gasteiger partial charge in [-0.3, -0.25) is 9.59 Å². The summed E-state index contributed by atoms with van der Waals surface area (Å²) in [6.45, 7) is 0. The highest BCUT2D eigenvalue weighted by Gasteiger charge is 2.33. The molecule has 2 aromatic carbocycles. The maximum atomic E-state index is 13.1. The topological polar surface area (TPSA) is 66.1 Å². The molecule has 1 unspecified atom stereocenters. The number of imidazole rings is 1. The van der Waals surface area contributed by atoms with E-state index in [-0.39, 0.29) is 24.1 Å². The Kier molecular flexibility index (Phi) is 7.95. The zero-order chi connectivity index (χ0) is 19.4. The van der Waals surface area contributed by atoms with Crippen molar-refractivity contribution in [3.63, 3.8) is 0 Å². The van der Waals surface area contributed by atoms with Gasteiger partial charge in [-0.25, -0.2) is 4.98 Å². The van der Waals surface area contributed by atoms with Crippen molar-refractivity contribution in [1.82, 2.24) is 9.97 Å². The Hall–Kier alpha value is -1.99. The second-order valence-corrected chi connectivity index (χ2v) is 7.55. The number of aromatic nitrogens is 2. The second-order valence-electron chi connectivity index (χ2n) is 5.61. The number of ketones is 1. The minimum atomic E-state index is -1.04. The SMILES string of the molecule is CN(C(=O)C(Sc1ncc[nH]1)C(=O)c1ccccc1Cl)c1ccc(Cl)cc1.Cl. The Morgan fingerprint density at radius 2 is 1.79 bits per heavy atom. The molecule has 1 amide bonds. The summed E-state index contributed by atoms with van der Waals surface area (Å²) in [5.41, 5.74) is 0.919. The van der Waals surface area contributed by atoms with Crippen LogP contribution in [-0.4, -0.2) is 34.0 Å². The van der Waals surface area contributed by atoms with E-state index < -0.39 is 5.25 Å². The van der Waals surface area contributed by atoms with Crippen LogP contribution in [0.2, 0.25) is 10.0 Å². The number of nitrogens with one attached hydrogen (secondary N) is 1. The summed E-state index contributed by atoms with van der Waals surface area (Å²) >= 11 is 13.1. The van der Waals surface area contributed by atoms with Gasteiger partial charge in [-0.15, -0.1) is 12.4 Å². The van der Waals surface area contributed by atoms with Crippen LogP contribution in [0.5, 0.6) is 0 Å². The van der Waals surface area contributed by atoms with Crippen LogP contribution in [0.4, 0.5) is 5.69 Å². The molecule has 3 aromatic rings. The number of nitrogens with zero attached hydrogens (tertiary/aromatic N) is 2. The largest absolute Gasteiger partial charge is 0.340 e. The Labute approximate surface area is 182 Å². The number of hydrogen-bond acceptors (Lipinski definition) is 4. The first-order chi connectivity index (χ1) is 13.0. The van der Waals surface area contributed by atoms with E-state index in [4.69, 9.17) is 23.2 Å². The molecule has 0 saturated carbocycles. The summed E-state index contributed by atoms with van der Waals surface area (Å²) < 4.78 is 0. The lowest BCUT2D eigenvalue weighted by molar-refractivity contribution is -0.117. The smallest absolute Gasteiger partial charge is 0.248 e. The number of benzene rings is 2. The first-order valence-corrected chi connectivity index (χ1v) is 9.59. The van der Waals surface area contributed by atoms with Gasteiger partial charge in [-0.2, -0.15) is 0 Å². The number of thioether (sulfide) groups is 1. The Morgan fingerprint density at radius 3 is 2.39 bits per heavy atom. The zero-order valence-corrected chi connectivity index (χ0v) is 17.8. The van der Waals surface area contributed by atoms with Gasteiger partial charge in [-0.05, 0) is 36.4 Å². The molecule has 1 atom stereocenters. The predicted molar refractivity (Wildman–Crippen MR) is 116 cm³/mol. The number of amides is 1. The lowest BCUT2D eigenvalue weighted by Crippen LogP contribution is -2.39. The third kappa shape index (κ3) is 5.08. The minimum absolute atomic E-state index is 0.